The van der Waals surface area contributed by atoms with Gasteiger partial charge in [0.05, 0.1) is 7.11 Å². The quantitative estimate of drug-likeness (QED) is 0.728. The van der Waals surface area contributed by atoms with Crippen LogP contribution in [0.15, 0.2) is 24.5 Å². The van der Waals surface area contributed by atoms with Gasteiger partial charge in [-0.25, -0.2) is 4.79 Å². The molecule has 1 aromatic rings. The fourth-order valence-corrected chi connectivity index (χ4v) is 1.09. The van der Waals surface area contributed by atoms with E-state index in [4.69, 9.17) is 0 Å². The standard InChI is InChI=1S/C10H14N2O2/c1-12(10(13)14-2)7-5-9-4-3-6-11-8-9/h3-4,6,8H,5,7H2,1-2H3. The number of likely N-dealkylation sites (N-methyl/N-ethyl adjacent to an activating group) is 1. The zero-order valence-corrected chi connectivity index (χ0v) is 8.43. The van der Waals surface area contributed by atoms with E-state index in [1.54, 1.807) is 19.4 Å². The summed E-state index contributed by atoms with van der Waals surface area (Å²) >= 11 is 0. The smallest absolute Gasteiger partial charge is 0.409 e. The van der Waals surface area contributed by atoms with E-state index in [1.165, 1.54) is 12.0 Å². The predicted octanol–water partition coefficient (Wildman–Crippen LogP) is 1.32. The van der Waals surface area contributed by atoms with Gasteiger partial charge in [-0.2, -0.15) is 0 Å². The average Bonchev–Trinajstić information content (AvgIpc) is 2.26. The Morgan fingerprint density at radius 1 is 1.64 bits per heavy atom. The summed E-state index contributed by atoms with van der Waals surface area (Å²) in [6.45, 7) is 0.637. The Hall–Kier alpha value is -1.58. The Balaban J connectivity index is 2.38. The van der Waals surface area contributed by atoms with Crippen LogP contribution in [0.4, 0.5) is 4.79 Å². The highest BCUT2D eigenvalue weighted by molar-refractivity contribution is 5.66. The first-order valence-electron chi connectivity index (χ1n) is 4.42. The van der Waals surface area contributed by atoms with Gasteiger partial charge < -0.3 is 9.64 Å². The molecule has 0 fully saturated rings. The molecule has 0 saturated heterocycles. The zero-order valence-electron chi connectivity index (χ0n) is 8.43. The monoisotopic (exact) mass is 194 g/mol. The number of carbonyl (C=O) groups excluding carboxylic acids is 1. The maximum Gasteiger partial charge on any atom is 0.409 e. The van der Waals surface area contributed by atoms with E-state index in [-0.39, 0.29) is 6.09 Å². The van der Waals surface area contributed by atoms with Crippen LogP contribution < -0.4 is 0 Å². The largest absolute Gasteiger partial charge is 0.453 e. The molecule has 0 bridgehead atoms. The SMILES string of the molecule is COC(=O)N(C)CCc1cccnc1. The van der Waals surface area contributed by atoms with Crippen molar-refractivity contribution < 1.29 is 9.53 Å². The predicted molar refractivity (Wildman–Crippen MR) is 53.0 cm³/mol. The fraction of sp³-hybridized carbons (Fsp3) is 0.400. The van der Waals surface area contributed by atoms with Crippen molar-refractivity contribution in [2.45, 2.75) is 6.42 Å². The minimum atomic E-state index is -0.311. The van der Waals surface area contributed by atoms with Crippen molar-refractivity contribution in [3.63, 3.8) is 0 Å². The van der Waals surface area contributed by atoms with Crippen LogP contribution in [-0.2, 0) is 11.2 Å². The summed E-state index contributed by atoms with van der Waals surface area (Å²) in [5.41, 5.74) is 1.11. The number of ether oxygens (including phenoxy) is 1. The molecule has 4 nitrogen and oxygen atoms in total. The minimum Gasteiger partial charge on any atom is -0.453 e. The van der Waals surface area contributed by atoms with Gasteiger partial charge >= 0.3 is 6.09 Å². The number of hydrogen-bond donors (Lipinski definition) is 0. The van der Waals surface area contributed by atoms with Crippen LogP contribution >= 0.6 is 0 Å². The molecule has 0 aliphatic carbocycles. The molecule has 1 rings (SSSR count). The molecule has 4 heteroatoms. The van der Waals surface area contributed by atoms with Gasteiger partial charge in [0.25, 0.3) is 0 Å². The number of nitrogens with zero attached hydrogens (tertiary/aromatic N) is 2. The molecule has 14 heavy (non-hydrogen) atoms. The second-order valence-corrected chi connectivity index (χ2v) is 3.00. The lowest BCUT2D eigenvalue weighted by Crippen LogP contribution is -2.28. The normalized spacial score (nSPS) is 9.57. The third kappa shape index (κ3) is 3.05. The van der Waals surface area contributed by atoms with Crippen molar-refractivity contribution in [1.29, 1.82) is 0 Å². The summed E-state index contributed by atoms with van der Waals surface area (Å²) in [6, 6.07) is 3.87. The van der Waals surface area contributed by atoms with Crippen LogP contribution in [0.2, 0.25) is 0 Å². The van der Waals surface area contributed by atoms with Gasteiger partial charge in [-0.1, -0.05) is 6.07 Å². The molecule has 0 spiro atoms. The summed E-state index contributed by atoms with van der Waals surface area (Å²) in [5, 5.41) is 0. The van der Waals surface area contributed by atoms with Gasteiger partial charge in [-0.05, 0) is 18.1 Å². The lowest BCUT2D eigenvalue weighted by Gasteiger charge is -2.14. The molecular weight excluding hydrogens is 180 g/mol. The molecule has 76 valence electrons. The maximum absolute atomic E-state index is 11.0. The van der Waals surface area contributed by atoms with E-state index in [2.05, 4.69) is 9.72 Å². The summed E-state index contributed by atoms with van der Waals surface area (Å²) in [7, 11) is 3.09. The Morgan fingerprint density at radius 3 is 3.00 bits per heavy atom. The molecule has 0 N–H and O–H groups in total. The molecule has 0 aliphatic rings. The van der Waals surface area contributed by atoms with E-state index in [1.807, 2.05) is 12.1 Å². The van der Waals surface area contributed by atoms with E-state index < -0.39 is 0 Å². The van der Waals surface area contributed by atoms with Crippen molar-refractivity contribution in [3.05, 3.63) is 30.1 Å². The zero-order chi connectivity index (χ0) is 10.4. The number of pyridine rings is 1. The number of carbonyl (C=O) groups is 1. The van der Waals surface area contributed by atoms with E-state index in [9.17, 15) is 4.79 Å². The second-order valence-electron chi connectivity index (χ2n) is 3.00. The molecule has 1 heterocycles. The molecule has 0 atom stereocenters. The first-order chi connectivity index (χ1) is 6.74. The number of hydrogen-bond acceptors (Lipinski definition) is 3. The lowest BCUT2D eigenvalue weighted by molar-refractivity contribution is 0.134. The van der Waals surface area contributed by atoms with Gasteiger partial charge in [0.15, 0.2) is 0 Å². The van der Waals surface area contributed by atoms with Crippen LogP contribution in [0.5, 0.6) is 0 Å². The summed E-state index contributed by atoms with van der Waals surface area (Å²) in [6.07, 6.45) is 4.01. The molecule has 1 aromatic heterocycles. The molecular formula is C10H14N2O2. The van der Waals surface area contributed by atoms with Crippen LogP contribution in [0.3, 0.4) is 0 Å². The summed E-state index contributed by atoms with van der Waals surface area (Å²) in [5.74, 6) is 0. The molecule has 0 aromatic carbocycles. The van der Waals surface area contributed by atoms with Gasteiger partial charge in [0.1, 0.15) is 0 Å². The molecule has 0 aliphatic heterocycles. The lowest BCUT2D eigenvalue weighted by atomic mass is 10.2. The first kappa shape index (κ1) is 10.5. The molecule has 0 saturated carbocycles. The first-order valence-corrected chi connectivity index (χ1v) is 4.42. The molecule has 0 unspecified atom stereocenters. The Bertz CT molecular complexity index is 287. The third-order valence-corrected chi connectivity index (χ3v) is 1.94. The third-order valence-electron chi connectivity index (χ3n) is 1.94. The molecule has 1 amide bonds. The topological polar surface area (TPSA) is 42.4 Å². The van der Waals surface area contributed by atoms with Crippen LogP contribution in [0.25, 0.3) is 0 Å². The number of rotatable bonds is 3. The average molecular weight is 194 g/mol. The van der Waals surface area contributed by atoms with E-state index >= 15 is 0 Å². The van der Waals surface area contributed by atoms with E-state index in [0.29, 0.717) is 6.54 Å². The fourth-order valence-electron chi connectivity index (χ4n) is 1.09. The van der Waals surface area contributed by atoms with Crippen molar-refractivity contribution in [3.8, 4) is 0 Å². The van der Waals surface area contributed by atoms with Gasteiger partial charge in [-0.3, -0.25) is 4.98 Å². The van der Waals surface area contributed by atoms with Crippen molar-refractivity contribution in [1.82, 2.24) is 9.88 Å². The van der Waals surface area contributed by atoms with Crippen LogP contribution in [-0.4, -0.2) is 36.7 Å². The Labute approximate surface area is 83.5 Å². The highest BCUT2D eigenvalue weighted by Crippen LogP contribution is 1.99. The highest BCUT2D eigenvalue weighted by Gasteiger charge is 2.06. The number of aromatic nitrogens is 1. The number of methoxy groups -OCH3 is 1. The Kier molecular flexibility index (Phi) is 3.91. The summed E-state index contributed by atoms with van der Waals surface area (Å²) in [4.78, 5) is 16.5. The molecule has 0 radical (unpaired) electrons. The minimum absolute atomic E-state index is 0.311. The van der Waals surface area contributed by atoms with Crippen molar-refractivity contribution in [2.24, 2.45) is 0 Å². The second kappa shape index (κ2) is 5.21. The van der Waals surface area contributed by atoms with Gasteiger partial charge in [-0.15, -0.1) is 0 Å². The highest BCUT2D eigenvalue weighted by atomic mass is 16.5. The Morgan fingerprint density at radius 2 is 2.43 bits per heavy atom. The van der Waals surface area contributed by atoms with Crippen LogP contribution in [0, 0.1) is 0 Å². The van der Waals surface area contributed by atoms with Gasteiger partial charge in [0, 0.05) is 26.0 Å². The maximum atomic E-state index is 11.0. The van der Waals surface area contributed by atoms with E-state index in [0.717, 1.165) is 12.0 Å². The van der Waals surface area contributed by atoms with Crippen LogP contribution in [0.1, 0.15) is 5.56 Å². The van der Waals surface area contributed by atoms with Crippen molar-refractivity contribution >= 4 is 6.09 Å². The summed E-state index contributed by atoms with van der Waals surface area (Å²) < 4.78 is 4.57. The van der Waals surface area contributed by atoms with Crippen molar-refractivity contribution in [2.75, 3.05) is 20.7 Å². The number of amides is 1. The van der Waals surface area contributed by atoms with Gasteiger partial charge in [0.2, 0.25) is 0 Å².